The smallest absolute Gasteiger partial charge is 0.338 e. The maximum atomic E-state index is 13.0. The molecule has 0 aliphatic heterocycles. The van der Waals surface area contributed by atoms with Crippen LogP contribution < -0.4 is 0 Å². The monoisotopic (exact) mass is 356 g/mol. The van der Waals surface area contributed by atoms with Gasteiger partial charge in [0.15, 0.2) is 6.17 Å². The molecule has 3 atom stereocenters. The van der Waals surface area contributed by atoms with Crippen molar-refractivity contribution in [2.24, 2.45) is 17.3 Å². The largest absolute Gasteiger partial charge is 0.479 e. The zero-order chi connectivity index (χ0) is 18.7. The number of unbranched alkanes of at least 4 members (excludes halogenated alkanes) is 3. The fourth-order valence-electron chi connectivity index (χ4n) is 4.53. The van der Waals surface area contributed by atoms with Crippen molar-refractivity contribution in [3.63, 3.8) is 0 Å². The lowest BCUT2D eigenvalue weighted by molar-refractivity contribution is -0.143. The van der Waals surface area contributed by atoms with Crippen LogP contribution >= 0.6 is 0 Å². The summed E-state index contributed by atoms with van der Waals surface area (Å²) in [5.41, 5.74) is 0.497. The summed E-state index contributed by atoms with van der Waals surface area (Å²) in [5, 5.41) is 8.56. The van der Waals surface area contributed by atoms with E-state index in [0.29, 0.717) is 11.8 Å². The second-order valence-corrected chi connectivity index (χ2v) is 9.05. The van der Waals surface area contributed by atoms with Crippen LogP contribution in [0.2, 0.25) is 0 Å². The Hall–Kier alpha value is -0.600. The molecule has 0 heterocycles. The van der Waals surface area contributed by atoms with E-state index in [-0.39, 0.29) is 6.42 Å². The van der Waals surface area contributed by atoms with Gasteiger partial charge in [-0.2, -0.15) is 0 Å². The standard InChI is InChI=1S/C22H41FO2/c1-4-5-16-22(2,3)17-10-14-19-13-9-12-18(19)11-7-6-8-15-20(23)21(24)25/h18-20H,4-17H2,1-3H3,(H,24,25)/t18-,19+,20?/m0/s1. The van der Waals surface area contributed by atoms with Gasteiger partial charge in [-0.1, -0.05) is 85.0 Å². The van der Waals surface area contributed by atoms with Crippen molar-refractivity contribution in [1.82, 2.24) is 0 Å². The maximum absolute atomic E-state index is 13.0. The third-order valence-electron chi connectivity index (χ3n) is 6.25. The lowest BCUT2D eigenvalue weighted by atomic mass is 9.80. The Labute approximate surface area is 155 Å². The van der Waals surface area contributed by atoms with Gasteiger partial charge in [0.05, 0.1) is 0 Å². The zero-order valence-electron chi connectivity index (χ0n) is 16.9. The van der Waals surface area contributed by atoms with Crippen LogP contribution in [0.5, 0.6) is 0 Å². The highest BCUT2D eigenvalue weighted by Crippen LogP contribution is 2.40. The van der Waals surface area contributed by atoms with E-state index in [0.717, 1.165) is 24.7 Å². The summed E-state index contributed by atoms with van der Waals surface area (Å²) in [6, 6.07) is 0. The van der Waals surface area contributed by atoms with E-state index in [2.05, 4.69) is 20.8 Å². The maximum Gasteiger partial charge on any atom is 0.338 e. The number of carboxylic acids is 1. The molecule has 0 saturated heterocycles. The first-order chi connectivity index (χ1) is 11.9. The molecule has 148 valence electrons. The molecule has 1 N–H and O–H groups in total. The quantitative estimate of drug-likeness (QED) is 0.335. The first-order valence-corrected chi connectivity index (χ1v) is 10.7. The van der Waals surface area contributed by atoms with E-state index in [1.807, 2.05) is 0 Å². The molecular formula is C22H41FO2. The van der Waals surface area contributed by atoms with E-state index in [4.69, 9.17) is 5.11 Å². The molecule has 0 bridgehead atoms. The molecular weight excluding hydrogens is 315 g/mol. The lowest BCUT2D eigenvalue weighted by Crippen LogP contribution is -2.14. The van der Waals surface area contributed by atoms with Crippen molar-refractivity contribution < 1.29 is 14.3 Å². The Morgan fingerprint density at radius 1 is 1.04 bits per heavy atom. The molecule has 0 aromatic carbocycles. The number of carbonyl (C=O) groups is 1. The number of aliphatic carboxylic acids is 1. The van der Waals surface area contributed by atoms with E-state index in [9.17, 15) is 9.18 Å². The van der Waals surface area contributed by atoms with Crippen LogP contribution in [-0.2, 0) is 4.79 Å². The average molecular weight is 357 g/mol. The van der Waals surface area contributed by atoms with E-state index in [1.54, 1.807) is 0 Å². The van der Waals surface area contributed by atoms with Gasteiger partial charge in [-0.25, -0.2) is 9.18 Å². The normalized spacial score (nSPS) is 22.2. The number of rotatable bonds is 14. The van der Waals surface area contributed by atoms with Gasteiger partial charge < -0.3 is 5.11 Å². The third-order valence-corrected chi connectivity index (χ3v) is 6.25. The van der Waals surface area contributed by atoms with Gasteiger partial charge in [0.25, 0.3) is 0 Å². The summed E-state index contributed by atoms with van der Waals surface area (Å²) in [6.45, 7) is 7.11. The highest BCUT2D eigenvalue weighted by atomic mass is 19.1. The predicted octanol–water partition coefficient (Wildman–Crippen LogP) is 7.16. The van der Waals surface area contributed by atoms with Crippen molar-refractivity contribution in [2.45, 2.75) is 117 Å². The fourth-order valence-corrected chi connectivity index (χ4v) is 4.53. The molecule has 2 nitrogen and oxygen atoms in total. The number of hydrogen-bond acceptors (Lipinski definition) is 1. The van der Waals surface area contributed by atoms with Crippen molar-refractivity contribution in [3.8, 4) is 0 Å². The Kier molecular flexibility index (Phi) is 10.7. The Balaban J connectivity index is 2.16. The molecule has 0 aromatic rings. The lowest BCUT2D eigenvalue weighted by Gasteiger charge is -2.26. The second kappa shape index (κ2) is 11.9. The first-order valence-electron chi connectivity index (χ1n) is 10.7. The molecule has 0 amide bonds. The van der Waals surface area contributed by atoms with Gasteiger partial charge in [-0.3, -0.25) is 0 Å². The first kappa shape index (κ1) is 22.4. The van der Waals surface area contributed by atoms with E-state index >= 15 is 0 Å². The Bertz CT molecular complexity index is 367. The predicted molar refractivity (Wildman–Crippen MR) is 104 cm³/mol. The summed E-state index contributed by atoms with van der Waals surface area (Å²) in [5.74, 6) is 0.451. The molecule has 0 radical (unpaired) electrons. The van der Waals surface area contributed by atoms with Crippen molar-refractivity contribution in [1.29, 1.82) is 0 Å². The van der Waals surface area contributed by atoms with Crippen molar-refractivity contribution in [3.05, 3.63) is 0 Å². The highest BCUT2D eigenvalue weighted by molar-refractivity contribution is 5.71. The van der Waals surface area contributed by atoms with Gasteiger partial charge in [0.2, 0.25) is 0 Å². The minimum absolute atomic E-state index is 0.177. The van der Waals surface area contributed by atoms with Gasteiger partial charge >= 0.3 is 5.97 Å². The molecule has 1 aliphatic rings. The van der Waals surface area contributed by atoms with Gasteiger partial charge in [-0.15, -0.1) is 0 Å². The van der Waals surface area contributed by atoms with Gasteiger partial charge in [0, 0.05) is 0 Å². The van der Waals surface area contributed by atoms with Crippen LogP contribution in [0.15, 0.2) is 0 Å². The summed E-state index contributed by atoms with van der Waals surface area (Å²) in [6.07, 6.45) is 14.8. The van der Waals surface area contributed by atoms with Crippen molar-refractivity contribution >= 4 is 5.97 Å². The molecule has 0 spiro atoms. The molecule has 0 aromatic heterocycles. The van der Waals surface area contributed by atoms with Crippen LogP contribution in [0.1, 0.15) is 111 Å². The van der Waals surface area contributed by atoms with Crippen LogP contribution in [0, 0.1) is 17.3 Å². The number of alkyl halides is 1. The van der Waals surface area contributed by atoms with Gasteiger partial charge in [-0.05, 0) is 42.9 Å². The van der Waals surface area contributed by atoms with Crippen molar-refractivity contribution in [2.75, 3.05) is 0 Å². The van der Waals surface area contributed by atoms with E-state index < -0.39 is 12.1 Å². The summed E-state index contributed by atoms with van der Waals surface area (Å²) in [7, 11) is 0. The average Bonchev–Trinajstić information content (AvgIpc) is 2.99. The van der Waals surface area contributed by atoms with Crippen LogP contribution in [-0.4, -0.2) is 17.2 Å². The number of carboxylic acid groups (broad SMARTS) is 1. The summed E-state index contributed by atoms with van der Waals surface area (Å²) in [4.78, 5) is 10.5. The molecule has 1 saturated carbocycles. The Morgan fingerprint density at radius 3 is 2.24 bits per heavy atom. The molecule has 1 aliphatic carbocycles. The summed E-state index contributed by atoms with van der Waals surface area (Å²) < 4.78 is 13.0. The summed E-state index contributed by atoms with van der Waals surface area (Å²) >= 11 is 0. The molecule has 1 unspecified atom stereocenters. The minimum atomic E-state index is -1.67. The Morgan fingerprint density at radius 2 is 1.64 bits per heavy atom. The zero-order valence-corrected chi connectivity index (χ0v) is 16.9. The number of halogens is 1. The molecule has 1 fully saturated rings. The topological polar surface area (TPSA) is 37.3 Å². The highest BCUT2D eigenvalue weighted by Gasteiger charge is 2.27. The third kappa shape index (κ3) is 9.61. The molecule has 1 rings (SSSR count). The fraction of sp³-hybridized carbons (Fsp3) is 0.955. The minimum Gasteiger partial charge on any atom is -0.479 e. The number of hydrogen-bond donors (Lipinski definition) is 1. The molecule has 25 heavy (non-hydrogen) atoms. The van der Waals surface area contributed by atoms with Gasteiger partial charge in [0.1, 0.15) is 0 Å². The van der Waals surface area contributed by atoms with Crippen LogP contribution in [0.4, 0.5) is 4.39 Å². The van der Waals surface area contributed by atoms with E-state index in [1.165, 1.54) is 64.2 Å². The second-order valence-electron chi connectivity index (χ2n) is 9.05. The molecule has 3 heteroatoms. The SMILES string of the molecule is CCCCC(C)(C)CCC[C@H]1CCC[C@@H]1CCCCCC(F)C(=O)O. The van der Waals surface area contributed by atoms with Crippen LogP contribution in [0.25, 0.3) is 0 Å². The van der Waals surface area contributed by atoms with Crippen LogP contribution in [0.3, 0.4) is 0 Å².